The number of esters is 1. The summed E-state index contributed by atoms with van der Waals surface area (Å²) in [5.74, 6) is -0.586. The zero-order chi connectivity index (χ0) is 14.9. The molecule has 0 aromatic carbocycles. The third kappa shape index (κ3) is 9.25. The summed E-state index contributed by atoms with van der Waals surface area (Å²) in [6.07, 6.45) is 0.265. The van der Waals surface area contributed by atoms with E-state index in [1.165, 1.54) is 12.0 Å². The number of nitrogens with one attached hydrogen (secondary N) is 2. The van der Waals surface area contributed by atoms with Crippen LogP contribution in [-0.4, -0.2) is 65.4 Å². The molecule has 0 aromatic rings. The Labute approximate surface area is 113 Å². The molecular weight excluding hydrogens is 274 g/mol. The van der Waals surface area contributed by atoms with E-state index in [1.54, 1.807) is 14.1 Å². The highest BCUT2D eigenvalue weighted by molar-refractivity contribution is 7.89. The molecule has 9 heteroatoms. The first kappa shape index (κ1) is 17.6. The molecule has 0 unspecified atom stereocenters. The predicted octanol–water partition coefficient (Wildman–Crippen LogP) is -0.870. The lowest BCUT2D eigenvalue weighted by atomic mass is 10.3. The second-order valence-corrected chi connectivity index (χ2v) is 5.95. The normalized spacial score (nSPS) is 10.9. The van der Waals surface area contributed by atoms with Gasteiger partial charge in [0, 0.05) is 33.6 Å². The Morgan fingerprint density at radius 2 is 1.84 bits per heavy atom. The Morgan fingerprint density at radius 3 is 2.37 bits per heavy atom. The molecule has 0 fully saturated rings. The third-order valence-corrected chi connectivity index (χ3v) is 3.62. The highest BCUT2D eigenvalue weighted by atomic mass is 32.2. The minimum atomic E-state index is -3.43. The summed E-state index contributed by atoms with van der Waals surface area (Å²) in [6, 6.07) is -0.287. The maximum atomic E-state index is 11.5. The van der Waals surface area contributed by atoms with Crippen molar-refractivity contribution in [1.82, 2.24) is 14.9 Å². The molecule has 0 bridgehead atoms. The second kappa shape index (κ2) is 8.70. The molecule has 0 radical (unpaired) electrons. The summed E-state index contributed by atoms with van der Waals surface area (Å²) in [5, 5.41) is 2.52. The zero-order valence-electron chi connectivity index (χ0n) is 11.4. The van der Waals surface area contributed by atoms with E-state index < -0.39 is 16.0 Å². The van der Waals surface area contributed by atoms with Gasteiger partial charge < -0.3 is 15.0 Å². The average molecular weight is 295 g/mol. The topological polar surface area (TPSA) is 105 Å². The summed E-state index contributed by atoms with van der Waals surface area (Å²) in [4.78, 5) is 23.3. The van der Waals surface area contributed by atoms with Crippen LogP contribution < -0.4 is 10.0 Å². The molecule has 0 spiro atoms. The van der Waals surface area contributed by atoms with Gasteiger partial charge in [-0.25, -0.2) is 17.9 Å². The van der Waals surface area contributed by atoms with Crippen molar-refractivity contribution >= 4 is 22.0 Å². The highest BCUT2D eigenvalue weighted by Crippen LogP contribution is 1.96. The van der Waals surface area contributed by atoms with Crippen LogP contribution in [0.15, 0.2) is 0 Å². The lowest BCUT2D eigenvalue weighted by Gasteiger charge is -2.12. The number of amides is 2. The van der Waals surface area contributed by atoms with Crippen LogP contribution in [0, 0.1) is 0 Å². The standard InChI is InChI=1S/C10H21N3O5S/c1-13(2)10(15)11-6-7-12-19(16,17)8-4-5-9(14)18-3/h12H,4-8H2,1-3H3,(H,11,15). The molecule has 0 heterocycles. The fraction of sp³-hybridized carbons (Fsp3) is 0.800. The van der Waals surface area contributed by atoms with Crippen molar-refractivity contribution in [2.45, 2.75) is 12.8 Å². The molecule has 2 amide bonds. The van der Waals surface area contributed by atoms with Gasteiger partial charge in [-0.2, -0.15) is 0 Å². The number of hydrogen-bond acceptors (Lipinski definition) is 5. The molecular formula is C10H21N3O5S. The van der Waals surface area contributed by atoms with Crippen molar-refractivity contribution in [3.8, 4) is 0 Å². The van der Waals surface area contributed by atoms with Gasteiger partial charge >= 0.3 is 12.0 Å². The lowest BCUT2D eigenvalue weighted by Crippen LogP contribution is -2.40. The first-order chi connectivity index (χ1) is 8.78. The number of urea groups is 1. The van der Waals surface area contributed by atoms with E-state index in [2.05, 4.69) is 14.8 Å². The largest absolute Gasteiger partial charge is 0.469 e. The fourth-order valence-corrected chi connectivity index (χ4v) is 2.20. The van der Waals surface area contributed by atoms with Crippen LogP contribution in [-0.2, 0) is 19.6 Å². The van der Waals surface area contributed by atoms with E-state index in [4.69, 9.17) is 0 Å². The number of sulfonamides is 1. The van der Waals surface area contributed by atoms with Gasteiger partial charge in [0.05, 0.1) is 12.9 Å². The second-order valence-electron chi connectivity index (χ2n) is 4.02. The van der Waals surface area contributed by atoms with Crippen LogP contribution in [0.5, 0.6) is 0 Å². The first-order valence-corrected chi connectivity index (χ1v) is 7.43. The van der Waals surface area contributed by atoms with Crippen LogP contribution in [0.3, 0.4) is 0 Å². The predicted molar refractivity (Wildman–Crippen MR) is 70.1 cm³/mol. The smallest absolute Gasteiger partial charge is 0.316 e. The Balaban J connectivity index is 3.80. The van der Waals surface area contributed by atoms with Gasteiger partial charge in [0.2, 0.25) is 10.0 Å². The SMILES string of the molecule is COC(=O)CCCS(=O)(=O)NCCNC(=O)N(C)C. The molecule has 0 saturated carbocycles. The van der Waals surface area contributed by atoms with Gasteiger partial charge in [0.25, 0.3) is 0 Å². The van der Waals surface area contributed by atoms with Crippen molar-refractivity contribution in [3.05, 3.63) is 0 Å². The molecule has 19 heavy (non-hydrogen) atoms. The quantitative estimate of drug-likeness (QED) is 0.447. The number of ether oxygens (including phenoxy) is 1. The zero-order valence-corrected chi connectivity index (χ0v) is 12.2. The van der Waals surface area contributed by atoms with Crippen molar-refractivity contribution in [2.24, 2.45) is 0 Å². The maximum Gasteiger partial charge on any atom is 0.316 e. The minimum absolute atomic E-state index is 0.0643. The van der Waals surface area contributed by atoms with E-state index in [1.807, 2.05) is 0 Å². The van der Waals surface area contributed by atoms with Gasteiger partial charge in [-0.1, -0.05) is 0 Å². The molecule has 2 N–H and O–H groups in total. The van der Waals surface area contributed by atoms with E-state index >= 15 is 0 Å². The molecule has 112 valence electrons. The van der Waals surface area contributed by atoms with E-state index in [0.717, 1.165) is 0 Å². The Hall–Kier alpha value is -1.35. The lowest BCUT2D eigenvalue weighted by molar-refractivity contribution is -0.140. The molecule has 0 aliphatic heterocycles. The summed E-state index contributed by atoms with van der Waals surface area (Å²) in [7, 11) is 1.01. The molecule has 0 aromatic heterocycles. The van der Waals surface area contributed by atoms with Crippen LogP contribution >= 0.6 is 0 Å². The fourth-order valence-electron chi connectivity index (χ4n) is 1.11. The van der Waals surface area contributed by atoms with Gasteiger partial charge in [0.15, 0.2) is 0 Å². The van der Waals surface area contributed by atoms with Crippen molar-refractivity contribution < 1.29 is 22.7 Å². The third-order valence-electron chi connectivity index (χ3n) is 2.15. The Morgan fingerprint density at radius 1 is 1.21 bits per heavy atom. The van der Waals surface area contributed by atoms with E-state index in [0.29, 0.717) is 0 Å². The van der Waals surface area contributed by atoms with Gasteiger partial charge in [0.1, 0.15) is 0 Å². The number of carbonyl (C=O) groups is 2. The number of rotatable bonds is 8. The Bertz CT molecular complexity index is 394. The minimum Gasteiger partial charge on any atom is -0.469 e. The molecule has 0 aliphatic carbocycles. The summed E-state index contributed by atoms with van der Waals surface area (Å²) >= 11 is 0. The van der Waals surface area contributed by atoms with Crippen molar-refractivity contribution in [2.75, 3.05) is 40.0 Å². The monoisotopic (exact) mass is 295 g/mol. The maximum absolute atomic E-state index is 11.5. The summed E-state index contributed by atoms with van der Waals surface area (Å²) in [5.41, 5.74) is 0. The highest BCUT2D eigenvalue weighted by Gasteiger charge is 2.11. The summed E-state index contributed by atoms with van der Waals surface area (Å²) < 4.78 is 29.7. The Kier molecular flexibility index (Phi) is 8.08. The molecule has 0 aliphatic rings. The van der Waals surface area contributed by atoms with Gasteiger partial charge in [-0.05, 0) is 6.42 Å². The van der Waals surface area contributed by atoms with E-state index in [9.17, 15) is 18.0 Å². The molecule has 0 saturated heterocycles. The van der Waals surface area contributed by atoms with Gasteiger partial charge in [-0.3, -0.25) is 4.79 Å². The number of hydrogen-bond donors (Lipinski definition) is 2. The molecule has 8 nitrogen and oxygen atoms in total. The average Bonchev–Trinajstić information content (AvgIpc) is 2.33. The number of nitrogens with zero attached hydrogens (tertiary/aromatic N) is 1. The van der Waals surface area contributed by atoms with Crippen molar-refractivity contribution in [3.63, 3.8) is 0 Å². The van der Waals surface area contributed by atoms with E-state index in [-0.39, 0.29) is 37.7 Å². The number of methoxy groups -OCH3 is 1. The molecule has 0 atom stereocenters. The molecule has 0 rings (SSSR count). The van der Waals surface area contributed by atoms with Crippen LogP contribution in [0.25, 0.3) is 0 Å². The van der Waals surface area contributed by atoms with Crippen LogP contribution in [0.2, 0.25) is 0 Å². The van der Waals surface area contributed by atoms with Crippen LogP contribution in [0.1, 0.15) is 12.8 Å². The van der Waals surface area contributed by atoms with Gasteiger partial charge in [-0.15, -0.1) is 0 Å². The number of carbonyl (C=O) groups excluding carboxylic acids is 2. The van der Waals surface area contributed by atoms with Crippen molar-refractivity contribution in [1.29, 1.82) is 0 Å². The van der Waals surface area contributed by atoms with Crippen LogP contribution in [0.4, 0.5) is 4.79 Å². The first-order valence-electron chi connectivity index (χ1n) is 5.78. The summed E-state index contributed by atoms with van der Waals surface area (Å²) in [6.45, 7) is 0.313.